The van der Waals surface area contributed by atoms with Crippen LogP contribution in [0, 0.1) is 5.41 Å². The minimum atomic E-state index is -5.34. The second-order valence-electron chi connectivity index (χ2n) is 9.87. The summed E-state index contributed by atoms with van der Waals surface area (Å²) in [5.41, 5.74) is -5.26. The van der Waals surface area contributed by atoms with Gasteiger partial charge in [0.25, 0.3) is 11.8 Å². The summed E-state index contributed by atoms with van der Waals surface area (Å²) in [6, 6.07) is 9.63. The summed E-state index contributed by atoms with van der Waals surface area (Å²) >= 11 is 0. The van der Waals surface area contributed by atoms with E-state index in [0.717, 1.165) is 4.90 Å². The summed E-state index contributed by atoms with van der Waals surface area (Å²) in [4.78, 5) is 41.4. The van der Waals surface area contributed by atoms with Gasteiger partial charge in [0, 0.05) is 23.4 Å². The summed E-state index contributed by atoms with van der Waals surface area (Å²) < 4.78 is 60.5. The smallest absolute Gasteiger partial charge is 0.425 e. The van der Waals surface area contributed by atoms with E-state index < -0.39 is 40.3 Å². The Hall–Kier alpha value is -4.02. The van der Waals surface area contributed by atoms with E-state index in [0.29, 0.717) is 5.75 Å². The lowest BCUT2D eigenvalue weighted by Gasteiger charge is -2.35. The minimum Gasteiger partial charge on any atom is -0.497 e. The molecule has 2 amide bonds. The molecule has 0 fully saturated rings. The molecule has 1 atom stereocenters. The Morgan fingerprint density at radius 3 is 2.11 bits per heavy atom. The topological polar surface area (TPSA) is 94.2 Å². The van der Waals surface area contributed by atoms with Crippen LogP contribution >= 0.6 is 0 Å². The summed E-state index contributed by atoms with van der Waals surface area (Å²) in [5, 5.41) is 1.91. The van der Waals surface area contributed by atoms with E-state index in [1.165, 1.54) is 63.8 Å². The van der Waals surface area contributed by atoms with E-state index in [1.807, 2.05) is 5.32 Å². The molecule has 1 aliphatic heterocycles. The van der Waals surface area contributed by atoms with Gasteiger partial charge >= 0.3 is 6.18 Å². The van der Waals surface area contributed by atoms with Crippen LogP contribution in [0.15, 0.2) is 53.7 Å². The van der Waals surface area contributed by atoms with Crippen LogP contribution in [0.1, 0.15) is 37.0 Å². The molecule has 0 spiro atoms. The average molecular weight is 533 g/mol. The average Bonchev–Trinajstić information content (AvgIpc) is 3.10. The number of hydrogen-bond donors (Lipinski definition) is 1. The van der Waals surface area contributed by atoms with Crippen molar-refractivity contribution < 1.29 is 41.8 Å². The second kappa shape index (κ2) is 9.38. The first-order chi connectivity index (χ1) is 17.8. The summed E-state index contributed by atoms with van der Waals surface area (Å²) in [5.74, 6) is -2.76. The fourth-order valence-corrected chi connectivity index (χ4v) is 4.98. The van der Waals surface area contributed by atoms with Gasteiger partial charge in [0.15, 0.2) is 17.3 Å². The Bertz CT molecular complexity index is 1330. The van der Waals surface area contributed by atoms with Gasteiger partial charge in [-0.2, -0.15) is 13.2 Å². The maximum absolute atomic E-state index is 15.0. The summed E-state index contributed by atoms with van der Waals surface area (Å²) in [6.45, 7) is 3.47. The number of ketones is 1. The van der Waals surface area contributed by atoms with E-state index in [-0.39, 0.29) is 41.3 Å². The number of Topliss-reactive ketones (excluding diaryl/α,β-unsaturated/α-hetero) is 1. The lowest BCUT2D eigenvalue weighted by Crippen LogP contribution is -2.66. The van der Waals surface area contributed by atoms with Crippen LogP contribution < -0.4 is 24.4 Å². The van der Waals surface area contributed by atoms with Crippen molar-refractivity contribution in [1.82, 2.24) is 5.32 Å². The van der Waals surface area contributed by atoms with Crippen LogP contribution in [0.25, 0.3) is 0 Å². The van der Waals surface area contributed by atoms with Crippen molar-refractivity contribution >= 4 is 23.3 Å². The number of methoxy groups -OCH3 is 3. The number of nitrogens with zero attached hydrogens (tertiary/aromatic N) is 1. The fourth-order valence-electron chi connectivity index (χ4n) is 4.98. The molecule has 0 radical (unpaired) electrons. The summed E-state index contributed by atoms with van der Waals surface area (Å²) in [6.07, 6.45) is -5.55. The van der Waals surface area contributed by atoms with Crippen molar-refractivity contribution in [2.24, 2.45) is 5.41 Å². The highest BCUT2D eigenvalue weighted by molar-refractivity contribution is 6.21. The first-order valence-corrected chi connectivity index (χ1v) is 11.7. The third-order valence-electron chi connectivity index (χ3n) is 6.72. The van der Waals surface area contributed by atoms with E-state index in [2.05, 4.69) is 0 Å². The van der Waals surface area contributed by atoms with Crippen LogP contribution in [0.2, 0.25) is 0 Å². The molecule has 2 aromatic carbocycles. The number of carbonyl (C=O) groups is 3. The molecule has 0 saturated heterocycles. The van der Waals surface area contributed by atoms with Gasteiger partial charge in [0.2, 0.25) is 5.54 Å². The first kappa shape index (κ1) is 27.0. The molecule has 8 nitrogen and oxygen atoms in total. The second-order valence-corrected chi connectivity index (χ2v) is 9.87. The largest absolute Gasteiger partial charge is 0.497 e. The third-order valence-corrected chi connectivity index (χ3v) is 6.72. The quantitative estimate of drug-likeness (QED) is 0.592. The number of ether oxygens (including phenoxy) is 3. The molecule has 11 heteroatoms. The molecule has 0 bridgehead atoms. The number of anilines is 1. The number of amides is 2. The highest BCUT2D eigenvalue weighted by atomic mass is 19.4. The number of alkyl halides is 3. The molecule has 1 N–H and O–H groups in total. The molecule has 4 rings (SSSR count). The lowest BCUT2D eigenvalue weighted by atomic mass is 9.72. The SMILES string of the molecule is COc1ccc(N2C(=O)C(NC(=O)c3ccc(OC)c(OC)c3)(C(F)(F)F)C3=C2CC(C)(C)CC3=O)cc1. The molecule has 0 saturated carbocycles. The minimum absolute atomic E-state index is 0.00982. The van der Waals surface area contributed by atoms with E-state index in [1.54, 1.807) is 13.8 Å². The maximum Gasteiger partial charge on any atom is 0.425 e. The van der Waals surface area contributed by atoms with E-state index in [4.69, 9.17) is 14.2 Å². The van der Waals surface area contributed by atoms with Crippen LogP contribution in [-0.2, 0) is 9.59 Å². The Balaban J connectivity index is 1.90. The number of benzene rings is 2. The zero-order valence-corrected chi connectivity index (χ0v) is 21.5. The van der Waals surface area contributed by atoms with Gasteiger partial charge in [-0.15, -0.1) is 0 Å². The highest BCUT2D eigenvalue weighted by Gasteiger charge is 2.72. The number of carbonyl (C=O) groups excluding carboxylic acids is 3. The molecular weight excluding hydrogens is 505 g/mol. The van der Waals surface area contributed by atoms with Crippen molar-refractivity contribution in [3.05, 3.63) is 59.3 Å². The maximum atomic E-state index is 15.0. The molecule has 1 heterocycles. The van der Waals surface area contributed by atoms with Gasteiger partial charge in [0.05, 0.1) is 26.9 Å². The van der Waals surface area contributed by atoms with Gasteiger partial charge < -0.3 is 19.5 Å². The fraction of sp³-hybridized carbons (Fsp3) is 0.370. The molecule has 1 aliphatic carbocycles. The lowest BCUT2D eigenvalue weighted by molar-refractivity contribution is -0.186. The highest BCUT2D eigenvalue weighted by Crippen LogP contribution is 2.53. The Morgan fingerprint density at radius 1 is 0.921 bits per heavy atom. The normalized spacial score (nSPS) is 20.8. The van der Waals surface area contributed by atoms with Crippen molar-refractivity contribution in [2.75, 3.05) is 26.2 Å². The number of hydrogen-bond acceptors (Lipinski definition) is 6. The zero-order chi connectivity index (χ0) is 28.0. The monoisotopic (exact) mass is 532 g/mol. The number of rotatable bonds is 6. The molecule has 1 unspecified atom stereocenters. The van der Waals surface area contributed by atoms with E-state index >= 15 is 13.2 Å². The molecule has 2 aliphatic rings. The zero-order valence-electron chi connectivity index (χ0n) is 21.5. The molecule has 0 aromatic heterocycles. The number of halogens is 3. The predicted molar refractivity (Wildman–Crippen MR) is 131 cm³/mol. The Kier molecular flexibility index (Phi) is 6.67. The van der Waals surface area contributed by atoms with Crippen molar-refractivity contribution in [1.29, 1.82) is 0 Å². The van der Waals surface area contributed by atoms with Gasteiger partial charge in [-0.1, -0.05) is 13.8 Å². The predicted octanol–water partition coefficient (Wildman–Crippen LogP) is 4.43. The van der Waals surface area contributed by atoms with Gasteiger partial charge in [0.1, 0.15) is 5.75 Å². The molecule has 38 heavy (non-hydrogen) atoms. The third kappa shape index (κ3) is 4.25. The van der Waals surface area contributed by atoms with Crippen molar-refractivity contribution in [2.45, 2.75) is 38.4 Å². The molecule has 202 valence electrons. The van der Waals surface area contributed by atoms with E-state index in [9.17, 15) is 14.4 Å². The molecular formula is C27H27F3N2O6. The van der Waals surface area contributed by atoms with Crippen molar-refractivity contribution in [3.8, 4) is 17.2 Å². The molecule has 2 aromatic rings. The van der Waals surface area contributed by atoms with Crippen LogP contribution in [-0.4, -0.2) is 50.6 Å². The van der Waals surface area contributed by atoms with Crippen LogP contribution in [0.3, 0.4) is 0 Å². The van der Waals surface area contributed by atoms with Gasteiger partial charge in [-0.05, 0) is 54.3 Å². The summed E-state index contributed by atoms with van der Waals surface area (Å²) in [7, 11) is 4.10. The first-order valence-electron chi connectivity index (χ1n) is 11.7. The van der Waals surface area contributed by atoms with Gasteiger partial charge in [-0.3, -0.25) is 19.3 Å². The number of allylic oxidation sites excluding steroid dienone is 1. The Labute approximate surface area is 217 Å². The van der Waals surface area contributed by atoms with Gasteiger partial charge in [-0.25, -0.2) is 0 Å². The number of nitrogens with one attached hydrogen (secondary N) is 1. The van der Waals surface area contributed by atoms with Crippen LogP contribution in [0.5, 0.6) is 17.2 Å². The van der Waals surface area contributed by atoms with Crippen molar-refractivity contribution in [3.63, 3.8) is 0 Å². The standard InChI is InChI=1S/C27H27F3N2O6/c1-25(2)13-18-22(19(33)14-25)26(27(28,29)30,24(35)32(18)16-7-9-17(36-3)10-8-16)31-23(34)15-6-11-20(37-4)21(12-15)38-5/h6-12H,13-14H2,1-5H3,(H,31,34). The Morgan fingerprint density at radius 2 is 1.55 bits per heavy atom. The van der Waals surface area contributed by atoms with Crippen LogP contribution in [0.4, 0.5) is 18.9 Å².